The topological polar surface area (TPSA) is 88.4 Å². The van der Waals surface area contributed by atoms with Crippen LogP contribution in [0.25, 0.3) is 0 Å². The molecule has 3 N–H and O–H groups in total. The molecule has 1 saturated heterocycles. The van der Waals surface area contributed by atoms with Crippen LogP contribution in [0.15, 0.2) is 48.5 Å². The van der Waals surface area contributed by atoms with Crippen LogP contribution in [-0.4, -0.2) is 46.5 Å². The SMILES string of the molecule is CC(C)c1ccc(Oc2ccc(O[C@H]3OC[C@H](O)[C@H](O)[C@H]3O)cc2)cc1. The van der Waals surface area contributed by atoms with Crippen LogP contribution >= 0.6 is 0 Å². The Hall–Kier alpha value is -2.12. The van der Waals surface area contributed by atoms with E-state index < -0.39 is 24.6 Å². The summed E-state index contributed by atoms with van der Waals surface area (Å²) in [5.41, 5.74) is 1.25. The smallest absolute Gasteiger partial charge is 0.228 e. The maximum absolute atomic E-state index is 9.90. The molecule has 0 bridgehead atoms. The third kappa shape index (κ3) is 4.34. The van der Waals surface area contributed by atoms with E-state index in [2.05, 4.69) is 13.8 Å². The van der Waals surface area contributed by atoms with Gasteiger partial charge in [-0.2, -0.15) is 0 Å². The molecule has 2 aromatic carbocycles. The van der Waals surface area contributed by atoms with Crippen molar-refractivity contribution in [2.45, 2.75) is 44.4 Å². The van der Waals surface area contributed by atoms with E-state index in [1.165, 1.54) is 5.56 Å². The molecule has 0 amide bonds. The molecule has 4 atom stereocenters. The molecule has 1 aliphatic rings. The quantitative estimate of drug-likeness (QED) is 0.759. The van der Waals surface area contributed by atoms with Crippen LogP contribution in [-0.2, 0) is 4.74 Å². The summed E-state index contributed by atoms with van der Waals surface area (Å²) in [6.45, 7) is 4.18. The summed E-state index contributed by atoms with van der Waals surface area (Å²) < 4.78 is 16.6. The van der Waals surface area contributed by atoms with Gasteiger partial charge in [0.15, 0.2) is 0 Å². The maximum Gasteiger partial charge on any atom is 0.228 e. The van der Waals surface area contributed by atoms with Crippen LogP contribution in [0.5, 0.6) is 17.2 Å². The third-order valence-corrected chi connectivity index (χ3v) is 4.31. The van der Waals surface area contributed by atoms with Crippen molar-refractivity contribution < 1.29 is 29.5 Å². The molecule has 0 spiro atoms. The lowest BCUT2D eigenvalue weighted by Gasteiger charge is -2.34. The lowest BCUT2D eigenvalue weighted by Crippen LogP contribution is -2.54. The van der Waals surface area contributed by atoms with Crippen LogP contribution in [0.2, 0.25) is 0 Å². The van der Waals surface area contributed by atoms with E-state index in [0.29, 0.717) is 17.4 Å². The molecule has 0 unspecified atom stereocenters. The Labute approximate surface area is 152 Å². The maximum atomic E-state index is 9.90. The van der Waals surface area contributed by atoms with Crippen molar-refractivity contribution >= 4 is 0 Å². The normalized spacial score (nSPS) is 25.9. The van der Waals surface area contributed by atoms with E-state index in [1.807, 2.05) is 24.3 Å². The zero-order valence-electron chi connectivity index (χ0n) is 14.8. The second-order valence-electron chi connectivity index (χ2n) is 6.67. The number of benzene rings is 2. The van der Waals surface area contributed by atoms with E-state index in [0.717, 1.165) is 5.75 Å². The molecule has 26 heavy (non-hydrogen) atoms. The molecule has 1 heterocycles. The van der Waals surface area contributed by atoms with Crippen molar-refractivity contribution in [1.29, 1.82) is 0 Å². The first-order valence-electron chi connectivity index (χ1n) is 8.64. The minimum absolute atomic E-state index is 0.101. The summed E-state index contributed by atoms with van der Waals surface area (Å²) in [5.74, 6) is 2.32. The number of hydrogen-bond donors (Lipinski definition) is 3. The first kappa shape index (κ1) is 18.7. The summed E-state index contributed by atoms with van der Waals surface area (Å²) in [6.07, 6.45) is -4.79. The molecular weight excluding hydrogens is 336 g/mol. The van der Waals surface area contributed by atoms with Gasteiger partial charge in [-0.25, -0.2) is 0 Å². The predicted octanol–water partition coefficient (Wildman–Crippen LogP) is 2.42. The second kappa shape index (κ2) is 8.05. The Morgan fingerprint density at radius 1 is 0.846 bits per heavy atom. The second-order valence-corrected chi connectivity index (χ2v) is 6.67. The first-order chi connectivity index (χ1) is 12.4. The minimum atomic E-state index is -1.32. The highest BCUT2D eigenvalue weighted by molar-refractivity contribution is 5.36. The Balaban J connectivity index is 1.60. The summed E-state index contributed by atoms with van der Waals surface area (Å²) in [5, 5.41) is 29.0. The summed E-state index contributed by atoms with van der Waals surface area (Å²) in [4.78, 5) is 0. The van der Waals surface area contributed by atoms with Gasteiger partial charge < -0.3 is 29.5 Å². The number of aliphatic hydroxyl groups is 3. The van der Waals surface area contributed by atoms with Crippen LogP contribution in [0, 0.1) is 0 Å². The Bertz CT molecular complexity index is 697. The summed E-state index contributed by atoms with van der Waals surface area (Å²) >= 11 is 0. The molecule has 1 aliphatic heterocycles. The Morgan fingerprint density at radius 2 is 1.38 bits per heavy atom. The average Bonchev–Trinajstić information content (AvgIpc) is 2.64. The van der Waals surface area contributed by atoms with Crippen molar-refractivity contribution in [2.24, 2.45) is 0 Å². The van der Waals surface area contributed by atoms with Crippen LogP contribution in [0.4, 0.5) is 0 Å². The first-order valence-corrected chi connectivity index (χ1v) is 8.64. The van der Waals surface area contributed by atoms with Gasteiger partial charge >= 0.3 is 0 Å². The molecule has 140 valence electrons. The van der Waals surface area contributed by atoms with Gasteiger partial charge in [-0.1, -0.05) is 26.0 Å². The van der Waals surface area contributed by atoms with Crippen molar-refractivity contribution in [1.82, 2.24) is 0 Å². The number of hydrogen-bond acceptors (Lipinski definition) is 6. The lowest BCUT2D eigenvalue weighted by molar-refractivity contribution is -0.242. The van der Waals surface area contributed by atoms with Gasteiger partial charge in [0.2, 0.25) is 6.29 Å². The molecule has 2 aromatic rings. The monoisotopic (exact) mass is 360 g/mol. The number of ether oxygens (including phenoxy) is 3. The molecule has 3 rings (SSSR count). The van der Waals surface area contributed by atoms with Gasteiger partial charge in [-0.05, 0) is 47.9 Å². The lowest BCUT2D eigenvalue weighted by atomic mass is 10.0. The zero-order valence-corrected chi connectivity index (χ0v) is 14.8. The third-order valence-electron chi connectivity index (χ3n) is 4.31. The van der Waals surface area contributed by atoms with Gasteiger partial charge in [0.1, 0.15) is 35.6 Å². The molecule has 6 nitrogen and oxygen atoms in total. The van der Waals surface area contributed by atoms with Crippen molar-refractivity contribution in [2.75, 3.05) is 6.61 Å². The molecule has 0 aromatic heterocycles. The fraction of sp³-hybridized carbons (Fsp3) is 0.400. The predicted molar refractivity (Wildman–Crippen MR) is 95.4 cm³/mol. The van der Waals surface area contributed by atoms with Crippen LogP contribution < -0.4 is 9.47 Å². The molecular formula is C20H24O6. The molecule has 6 heteroatoms. The van der Waals surface area contributed by atoms with E-state index in [1.54, 1.807) is 24.3 Å². The fourth-order valence-electron chi connectivity index (χ4n) is 2.66. The highest BCUT2D eigenvalue weighted by Gasteiger charge is 2.38. The largest absolute Gasteiger partial charge is 0.462 e. The van der Waals surface area contributed by atoms with E-state index in [-0.39, 0.29) is 6.61 Å². The van der Waals surface area contributed by atoms with Crippen molar-refractivity contribution in [3.05, 3.63) is 54.1 Å². The van der Waals surface area contributed by atoms with Gasteiger partial charge in [0.25, 0.3) is 0 Å². The molecule has 1 fully saturated rings. The minimum Gasteiger partial charge on any atom is -0.462 e. The summed E-state index contributed by atoms with van der Waals surface area (Å²) in [6, 6.07) is 14.8. The highest BCUT2D eigenvalue weighted by Crippen LogP contribution is 2.27. The van der Waals surface area contributed by atoms with Gasteiger partial charge in [0.05, 0.1) is 6.61 Å². The van der Waals surface area contributed by atoms with E-state index in [9.17, 15) is 15.3 Å². The molecule has 0 aliphatic carbocycles. The number of rotatable bonds is 5. The number of aliphatic hydroxyl groups excluding tert-OH is 3. The van der Waals surface area contributed by atoms with Gasteiger partial charge in [0, 0.05) is 0 Å². The highest BCUT2D eigenvalue weighted by atomic mass is 16.7. The Kier molecular flexibility index (Phi) is 5.78. The van der Waals surface area contributed by atoms with Crippen LogP contribution in [0.3, 0.4) is 0 Å². The Morgan fingerprint density at radius 3 is 1.96 bits per heavy atom. The fourth-order valence-corrected chi connectivity index (χ4v) is 2.66. The molecule has 0 radical (unpaired) electrons. The average molecular weight is 360 g/mol. The van der Waals surface area contributed by atoms with Crippen molar-refractivity contribution in [3.63, 3.8) is 0 Å². The molecule has 0 saturated carbocycles. The van der Waals surface area contributed by atoms with Crippen molar-refractivity contribution in [3.8, 4) is 17.2 Å². The van der Waals surface area contributed by atoms with Gasteiger partial charge in [-0.3, -0.25) is 0 Å². The van der Waals surface area contributed by atoms with E-state index >= 15 is 0 Å². The van der Waals surface area contributed by atoms with E-state index in [4.69, 9.17) is 14.2 Å². The standard InChI is InChI=1S/C20H24O6/c1-12(2)13-3-5-14(6-4-13)25-15-7-9-16(10-8-15)26-20-19(23)18(22)17(21)11-24-20/h3-10,12,17-23H,11H2,1-2H3/t17-,18-,19+,20+/m0/s1. The van der Waals surface area contributed by atoms with Crippen LogP contribution in [0.1, 0.15) is 25.3 Å². The van der Waals surface area contributed by atoms with Gasteiger partial charge in [-0.15, -0.1) is 0 Å². The summed E-state index contributed by atoms with van der Waals surface area (Å²) in [7, 11) is 0. The zero-order chi connectivity index (χ0) is 18.7.